The third kappa shape index (κ3) is 8.42. The van der Waals surface area contributed by atoms with Crippen LogP contribution in [0.4, 0.5) is 4.39 Å². The summed E-state index contributed by atoms with van der Waals surface area (Å²) in [4.78, 5) is 28.6. The van der Waals surface area contributed by atoms with E-state index in [9.17, 15) is 14.0 Å². The van der Waals surface area contributed by atoms with Crippen molar-refractivity contribution in [2.75, 3.05) is 6.61 Å². The molecule has 0 aliphatic heterocycles. The smallest absolute Gasteiger partial charge is 0.261 e. The summed E-state index contributed by atoms with van der Waals surface area (Å²) < 4.78 is 21.3. The van der Waals surface area contributed by atoms with Gasteiger partial charge in [0.2, 0.25) is 5.91 Å². The summed E-state index contributed by atoms with van der Waals surface area (Å²) in [7, 11) is 0. The SMILES string of the molecule is CCc1ccc(OCC(=O)N(Cc2ccccc2F)[C@H](Cc2ccccc2)C(=O)NC(C)(C)C)c(Br)c1. The minimum absolute atomic E-state index is 0.0696. The second kappa shape index (κ2) is 12.9. The molecule has 0 spiro atoms. The molecule has 196 valence electrons. The summed E-state index contributed by atoms with van der Waals surface area (Å²) >= 11 is 3.50. The van der Waals surface area contributed by atoms with Crippen molar-refractivity contribution in [1.29, 1.82) is 0 Å². The molecule has 0 aromatic heterocycles. The number of hydrogen-bond donors (Lipinski definition) is 1. The molecule has 3 aromatic rings. The number of halogens is 2. The normalized spacial score (nSPS) is 12.1. The Balaban J connectivity index is 1.94. The highest BCUT2D eigenvalue weighted by Crippen LogP contribution is 2.26. The molecule has 7 heteroatoms. The third-order valence-electron chi connectivity index (χ3n) is 5.82. The van der Waals surface area contributed by atoms with Crippen LogP contribution in [0.5, 0.6) is 5.75 Å². The van der Waals surface area contributed by atoms with Crippen LogP contribution in [0.3, 0.4) is 0 Å². The van der Waals surface area contributed by atoms with Gasteiger partial charge in [-0.3, -0.25) is 9.59 Å². The van der Waals surface area contributed by atoms with Crippen molar-refractivity contribution in [3.05, 3.63) is 99.8 Å². The Kier molecular flexibility index (Phi) is 9.86. The van der Waals surface area contributed by atoms with Crippen LogP contribution in [0.2, 0.25) is 0 Å². The van der Waals surface area contributed by atoms with Crippen molar-refractivity contribution in [3.63, 3.8) is 0 Å². The van der Waals surface area contributed by atoms with E-state index in [-0.39, 0.29) is 25.5 Å². The number of benzene rings is 3. The van der Waals surface area contributed by atoms with Gasteiger partial charge in [0.25, 0.3) is 5.91 Å². The zero-order chi connectivity index (χ0) is 27.0. The van der Waals surface area contributed by atoms with Crippen LogP contribution >= 0.6 is 15.9 Å². The van der Waals surface area contributed by atoms with Crippen LogP contribution in [-0.4, -0.2) is 34.9 Å². The molecular formula is C30H34BrFN2O3. The minimum atomic E-state index is -0.872. The van der Waals surface area contributed by atoms with Crippen molar-refractivity contribution in [2.45, 2.75) is 58.7 Å². The van der Waals surface area contributed by atoms with E-state index in [1.165, 1.54) is 11.0 Å². The van der Waals surface area contributed by atoms with Crippen LogP contribution in [0.15, 0.2) is 77.3 Å². The predicted molar refractivity (Wildman–Crippen MR) is 148 cm³/mol. The minimum Gasteiger partial charge on any atom is -0.483 e. The molecule has 1 atom stereocenters. The lowest BCUT2D eigenvalue weighted by Crippen LogP contribution is -2.55. The van der Waals surface area contributed by atoms with Crippen molar-refractivity contribution < 1.29 is 18.7 Å². The predicted octanol–water partition coefficient (Wildman–Crippen LogP) is 6.08. The lowest BCUT2D eigenvalue weighted by Gasteiger charge is -2.33. The summed E-state index contributed by atoms with van der Waals surface area (Å²) in [6, 6.07) is 20.6. The largest absolute Gasteiger partial charge is 0.483 e. The Bertz CT molecular complexity index is 1210. The maximum atomic E-state index is 14.7. The van der Waals surface area contributed by atoms with Gasteiger partial charge in [0.05, 0.1) is 4.47 Å². The molecule has 0 bridgehead atoms. The summed E-state index contributed by atoms with van der Waals surface area (Å²) in [6.45, 7) is 7.34. The van der Waals surface area contributed by atoms with Crippen LogP contribution in [0.25, 0.3) is 0 Å². The number of nitrogens with zero attached hydrogens (tertiary/aromatic N) is 1. The van der Waals surface area contributed by atoms with Gasteiger partial charge in [-0.05, 0) is 72.4 Å². The molecule has 3 aromatic carbocycles. The van der Waals surface area contributed by atoms with Gasteiger partial charge in [-0.15, -0.1) is 0 Å². The van der Waals surface area contributed by atoms with E-state index in [1.807, 2.05) is 69.3 Å². The average Bonchev–Trinajstić information content (AvgIpc) is 2.85. The molecule has 0 aliphatic rings. The zero-order valence-corrected chi connectivity index (χ0v) is 23.3. The molecule has 0 heterocycles. The standard InChI is InChI=1S/C30H34BrFN2O3/c1-5-21-15-16-27(24(31)17-21)37-20-28(35)34(19-23-13-9-10-14-25(23)32)26(29(36)33-30(2,3)4)18-22-11-7-6-8-12-22/h6-17,26H,5,18-20H2,1-4H3,(H,33,36)/t26-/m1/s1. The Morgan fingerprint density at radius 2 is 1.68 bits per heavy atom. The number of amides is 2. The van der Waals surface area contributed by atoms with Gasteiger partial charge in [0.15, 0.2) is 6.61 Å². The highest BCUT2D eigenvalue weighted by Gasteiger charge is 2.33. The van der Waals surface area contributed by atoms with Gasteiger partial charge in [0.1, 0.15) is 17.6 Å². The maximum Gasteiger partial charge on any atom is 0.261 e. The maximum absolute atomic E-state index is 14.7. The quantitative estimate of drug-likeness (QED) is 0.322. The first-order valence-corrected chi connectivity index (χ1v) is 13.2. The second-order valence-corrected chi connectivity index (χ2v) is 10.8. The third-order valence-corrected chi connectivity index (χ3v) is 6.44. The number of carbonyl (C=O) groups excluding carboxylic acids is 2. The molecule has 0 saturated carbocycles. The molecule has 37 heavy (non-hydrogen) atoms. The van der Waals surface area contributed by atoms with Gasteiger partial charge in [0, 0.05) is 24.1 Å². The van der Waals surface area contributed by atoms with Gasteiger partial charge in [-0.25, -0.2) is 4.39 Å². The number of rotatable bonds is 10. The van der Waals surface area contributed by atoms with Gasteiger partial charge in [-0.1, -0.05) is 61.5 Å². The fourth-order valence-electron chi connectivity index (χ4n) is 3.92. The van der Waals surface area contributed by atoms with E-state index in [1.54, 1.807) is 18.2 Å². The Labute approximate surface area is 227 Å². The Morgan fingerprint density at radius 3 is 2.30 bits per heavy atom. The highest BCUT2D eigenvalue weighted by molar-refractivity contribution is 9.10. The van der Waals surface area contributed by atoms with E-state index >= 15 is 0 Å². The molecule has 2 amide bonds. The van der Waals surface area contributed by atoms with Gasteiger partial charge < -0.3 is 15.0 Å². The number of hydrogen-bond acceptors (Lipinski definition) is 3. The molecule has 1 N–H and O–H groups in total. The summed E-state index contributed by atoms with van der Waals surface area (Å²) in [5.74, 6) is -0.641. The van der Waals surface area contributed by atoms with Gasteiger partial charge in [-0.2, -0.15) is 0 Å². The van der Waals surface area contributed by atoms with E-state index < -0.39 is 23.3 Å². The summed E-state index contributed by atoms with van der Waals surface area (Å²) in [6.07, 6.45) is 1.15. The topological polar surface area (TPSA) is 58.6 Å². The number of carbonyl (C=O) groups is 2. The second-order valence-electron chi connectivity index (χ2n) is 9.96. The molecule has 5 nitrogen and oxygen atoms in total. The molecule has 0 radical (unpaired) electrons. The van der Waals surface area contributed by atoms with Crippen LogP contribution in [0.1, 0.15) is 44.4 Å². The lowest BCUT2D eigenvalue weighted by atomic mass is 10.0. The Morgan fingerprint density at radius 1 is 1.00 bits per heavy atom. The van der Waals surface area contributed by atoms with E-state index in [0.717, 1.165) is 22.0 Å². The highest BCUT2D eigenvalue weighted by atomic mass is 79.9. The van der Waals surface area contributed by atoms with Crippen molar-refractivity contribution in [1.82, 2.24) is 10.2 Å². The zero-order valence-electron chi connectivity index (χ0n) is 21.8. The summed E-state index contributed by atoms with van der Waals surface area (Å²) in [5.41, 5.74) is 1.84. The van der Waals surface area contributed by atoms with Crippen LogP contribution in [0, 0.1) is 5.82 Å². The monoisotopic (exact) mass is 568 g/mol. The number of ether oxygens (including phenoxy) is 1. The first-order chi connectivity index (χ1) is 17.6. The molecule has 0 aliphatic carbocycles. The molecule has 0 fully saturated rings. The molecule has 0 unspecified atom stereocenters. The van der Waals surface area contributed by atoms with E-state index in [0.29, 0.717) is 11.3 Å². The van der Waals surface area contributed by atoms with Crippen molar-refractivity contribution in [3.8, 4) is 5.75 Å². The van der Waals surface area contributed by atoms with Crippen LogP contribution in [-0.2, 0) is 29.0 Å². The fraction of sp³-hybridized carbons (Fsp3) is 0.333. The van der Waals surface area contributed by atoms with Gasteiger partial charge >= 0.3 is 0 Å². The fourth-order valence-corrected chi connectivity index (χ4v) is 4.46. The van der Waals surface area contributed by atoms with Crippen LogP contribution < -0.4 is 10.1 Å². The van der Waals surface area contributed by atoms with E-state index in [2.05, 4.69) is 28.2 Å². The number of aryl methyl sites for hydroxylation is 1. The first-order valence-electron chi connectivity index (χ1n) is 12.4. The summed E-state index contributed by atoms with van der Waals surface area (Å²) in [5, 5.41) is 3.00. The Hall–Kier alpha value is -3.19. The molecule has 3 rings (SSSR count). The average molecular weight is 570 g/mol. The van der Waals surface area contributed by atoms with Crippen molar-refractivity contribution >= 4 is 27.7 Å². The molecule has 0 saturated heterocycles. The first kappa shape index (κ1) is 28.4. The lowest BCUT2D eigenvalue weighted by molar-refractivity contribution is -0.143. The van der Waals surface area contributed by atoms with E-state index in [4.69, 9.17) is 4.74 Å². The van der Waals surface area contributed by atoms with Crippen molar-refractivity contribution in [2.24, 2.45) is 0 Å². The number of nitrogens with one attached hydrogen (secondary N) is 1. The molecular weight excluding hydrogens is 535 g/mol.